The van der Waals surface area contributed by atoms with E-state index >= 15 is 0 Å². The van der Waals surface area contributed by atoms with Crippen molar-refractivity contribution in [2.24, 2.45) is 5.92 Å². The van der Waals surface area contributed by atoms with Gasteiger partial charge in [-0.1, -0.05) is 190 Å². The van der Waals surface area contributed by atoms with Crippen LogP contribution in [0, 0.1) is 5.92 Å². The SMILES string of the molecule is CCC(C)Cc1cc(C(C)(C)CC)c2op(O[C@H](C)C[C@@H](C)Op3oc4c(C(C)(C)CC)cc(C(C)(C)CC)cc4c4cc(C(C)(C)CC)cc(C(C)(C)CC)c4o3)oc3c(C(C)(C)CC)cc(C(C)(C)CC)cc3c2c1. The van der Waals surface area contributed by atoms with Gasteiger partial charge in [0.05, 0.1) is 12.2 Å². The molecule has 4 atom stereocenters. The highest BCUT2D eigenvalue weighted by Crippen LogP contribution is 2.49. The summed E-state index contributed by atoms with van der Waals surface area (Å²) >= 11 is 0. The Kier molecular flexibility index (Phi) is 19.2. The fraction of sp³-hybridized carbons (Fsp3) is 0.652. The molecule has 0 aliphatic rings. The first-order valence-electron chi connectivity index (χ1n) is 30.1. The van der Waals surface area contributed by atoms with Gasteiger partial charge in [0.15, 0.2) is 0 Å². The van der Waals surface area contributed by atoms with E-state index in [2.05, 4.69) is 222 Å². The fourth-order valence-corrected chi connectivity index (χ4v) is 12.6. The van der Waals surface area contributed by atoms with Crippen LogP contribution in [0.4, 0.5) is 0 Å². The quantitative estimate of drug-likeness (QED) is 0.0637. The van der Waals surface area contributed by atoms with E-state index in [4.69, 9.17) is 25.8 Å². The molecule has 2 aromatic heterocycles. The zero-order chi connectivity index (χ0) is 57.6. The Morgan fingerprint density at radius 1 is 0.364 bits per heavy atom. The van der Waals surface area contributed by atoms with E-state index in [1.165, 1.54) is 44.5 Å². The van der Waals surface area contributed by atoms with Crippen LogP contribution in [0.1, 0.15) is 275 Å². The van der Waals surface area contributed by atoms with Gasteiger partial charge in [-0.05, 0) is 156 Å². The largest absolute Gasteiger partial charge is 0.399 e. The van der Waals surface area contributed by atoms with E-state index in [0.29, 0.717) is 12.3 Å². The van der Waals surface area contributed by atoms with E-state index in [1.807, 2.05) is 0 Å². The summed E-state index contributed by atoms with van der Waals surface area (Å²) in [6.45, 7) is 57.9. The molecule has 428 valence electrons. The summed E-state index contributed by atoms with van der Waals surface area (Å²) in [6.07, 6.45) is 8.90. The highest BCUT2D eigenvalue weighted by atomic mass is 31.1. The summed E-state index contributed by atoms with van der Waals surface area (Å²) in [5.74, 6) is 0.547. The molecule has 8 heteroatoms. The summed E-state index contributed by atoms with van der Waals surface area (Å²) in [7, 11) is -3.85. The van der Waals surface area contributed by atoms with E-state index in [-0.39, 0.29) is 50.1 Å². The molecule has 0 aliphatic heterocycles. The lowest BCUT2D eigenvalue weighted by atomic mass is 9.74. The molecule has 6 rings (SSSR count). The molecule has 6 nitrogen and oxygen atoms in total. The second-order valence-corrected chi connectivity index (χ2v) is 30.0. The zero-order valence-electron chi connectivity index (χ0n) is 53.3. The van der Waals surface area contributed by atoms with E-state index < -0.39 is 16.5 Å². The van der Waals surface area contributed by atoms with Gasteiger partial charge in [0.1, 0.15) is 22.3 Å². The van der Waals surface area contributed by atoms with Gasteiger partial charge >= 0.3 is 16.5 Å². The van der Waals surface area contributed by atoms with Crippen molar-refractivity contribution in [2.45, 2.75) is 287 Å². The molecule has 0 saturated heterocycles. The number of hydrogen-bond acceptors (Lipinski definition) is 6. The average molecular weight is 1090 g/mol. The van der Waals surface area contributed by atoms with Crippen molar-refractivity contribution in [3.05, 3.63) is 93.0 Å². The Morgan fingerprint density at radius 2 is 0.623 bits per heavy atom. The minimum absolute atomic E-state index is 0.0471. The van der Waals surface area contributed by atoms with Crippen LogP contribution in [0.2, 0.25) is 0 Å². The Bertz CT molecular complexity index is 3020. The Balaban J connectivity index is 1.61. The first-order chi connectivity index (χ1) is 35.7. The standard InChI is InChI=1S/C69H106O6P2/c1-26-44(9)34-47-36-51-52-38-48(63(12,13)27-2)41-56(67(20,21)31-6)60(52)73-76(72-59(51)55(37-47)66(18,19)30-5)70-45(10)35-46(11)71-77-74-61-53(39-49(64(14,15)28-3)42-57(61)68(22,23)32-7)54-40-50(65(16,17)29-4)43-58(62(54)75-77)69(24,25)33-8/h36-46H,26-35H2,1-25H3/t44?,45-,46-,76?/m1/s1. The topological polar surface area (TPSA) is 71.0 Å². The second kappa shape index (κ2) is 23.6. The number of fused-ring (bicyclic) bond motifs is 6. The Hall–Kier alpha value is -3.40. The van der Waals surface area contributed by atoms with Gasteiger partial charge in [-0.3, -0.25) is 9.05 Å². The minimum Gasteiger partial charge on any atom is -0.399 e. The van der Waals surface area contributed by atoms with Crippen molar-refractivity contribution >= 4 is 60.4 Å². The van der Waals surface area contributed by atoms with Gasteiger partial charge in [0, 0.05) is 50.2 Å². The summed E-state index contributed by atoms with van der Waals surface area (Å²) in [6, 6.07) is 19.3. The molecular formula is C69H106O6P2. The van der Waals surface area contributed by atoms with Crippen LogP contribution >= 0.6 is 16.5 Å². The minimum atomic E-state index is -1.93. The third-order valence-electron chi connectivity index (χ3n) is 19.6. The van der Waals surface area contributed by atoms with Gasteiger partial charge in [0.2, 0.25) is 0 Å². The van der Waals surface area contributed by atoms with Gasteiger partial charge in [-0.25, -0.2) is 0 Å². The molecule has 2 heterocycles. The maximum atomic E-state index is 7.34. The van der Waals surface area contributed by atoms with Crippen molar-refractivity contribution in [3.8, 4) is 0 Å². The van der Waals surface area contributed by atoms with Crippen molar-refractivity contribution in [1.29, 1.82) is 0 Å². The number of rotatable bonds is 23. The van der Waals surface area contributed by atoms with Crippen LogP contribution in [0.25, 0.3) is 43.9 Å². The summed E-state index contributed by atoms with van der Waals surface area (Å²) < 4.78 is 43.6. The lowest BCUT2D eigenvalue weighted by Gasteiger charge is -2.30. The van der Waals surface area contributed by atoms with E-state index in [1.54, 1.807) is 0 Å². The van der Waals surface area contributed by atoms with Gasteiger partial charge < -0.3 is 16.8 Å². The maximum Gasteiger partial charge on any atom is 0.387 e. The summed E-state index contributed by atoms with van der Waals surface area (Å²) in [5.41, 5.74) is 12.7. The third kappa shape index (κ3) is 13.2. The second-order valence-electron chi connectivity index (χ2n) is 28.0. The maximum absolute atomic E-state index is 7.34. The van der Waals surface area contributed by atoms with Gasteiger partial charge in [0.25, 0.3) is 0 Å². The normalized spacial score (nSPS) is 15.0. The molecular weight excluding hydrogens is 987 g/mol. The predicted octanol–water partition coefficient (Wildman–Crippen LogP) is 23.0. The third-order valence-corrected chi connectivity index (χ3v) is 22.0. The van der Waals surface area contributed by atoms with Crippen molar-refractivity contribution < 1.29 is 25.8 Å². The highest BCUT2D eigenvalue weighted by molar-refractivity contribution is 7.32. The molecule has 0 N–H and O–H groups in total. The fourth-order valence-electron chi connectivity index (χ4n) is 10.3. The van der Waals surface area contributed by atoms with E-state index in [0.717, 1.165) is 102 Å². The number of benzene rings is 4. The first kappa shape index (κ1) is 62.8. The molecule has 6 aromatic rings. The van der Waals surface area contributed by atoms with Crippen LogP contribution in [0.15, 0.2) is 65.3 Å². The van der Waals surface area contributed by atoms with Crippen LogP contribution in [0.3, 0.4) is 0 Å². The molecule has 0 fully saturated rings. The summed E-state index contributed by atoms with van der Waals surface area (Å²) in [5, 5.41) is 4.39. The molecule has 4 aromatic carbocycles. The predicted molar refractivity (Wildman–Crippen MR) is 336 cm³/mol. The first-order valence-corrected chi connectivity index (χ1v) is 32.3. The molecule has 0 radical (unpaired) electrons. The average Bonchev–Trinajstić information content (AvgIpc) is 3.70. The van der Waals surface area contributed by atoms with Crippen molar-refractivity contribution in [3.63, 3.8) is 0 Å². The van der Waals surface area contributed by atoms with Crippen molar-refractivity contribution in [1.82, 2.24) is 0 Å². The van der Waals surface area contributed by atoms with Crippen LogP contribution in [0.5, 0.6) is 0 Å². The van der Waals surface area contributed by atoms with Crippen LogP contribution in [-0.2, 0) is 44.3 Å². The van der Waals surface area contributed by atoms with E-state index in [9.17, 15) is 0 Å². The molecule has 2 unspecified atom stereocenters. The smallest absolute Gasteiger partial charge is 0.387 e. The summed E-state index contributed by atoms with van der Waals surface area (Å²) in [4.78, 5) is 0. The molecule has 0 bridgehead atoms. The van der Waals surface area contributed by atoms with Gasteiger partial charge in [-0.15, -0.1) is 0 Å². The Morgan fingerprint density at radius 3 is 0.883 bits per heavy atom. The number of hydrogen-bond donors (Lipinski definition) is 0. The lowest BCUT2D eigenvalue weighted by Crippen LogP contribution is -2.21. The van der Waals surface area contributed by atoms with Crippen molar-refractivity contribution in [2.75, 3.05) is 0 Å². The van der Waals surface area contributed by atoms with Crippen LogP contribution in [-0.4, -0.2) is 12.2 Å². The zero-order valence-corrected chi connectivity index (χ0v) is 55.1. The molecule has 0 amide bonds. The molecule has 0 saturated carbocycles. The van der Waals surface area contributed by atoms with Gasteiger partial charge in [-0.2, -0.15) is 0 Å². The molecule has 0 spiro atoms. The monoisotopic (exact) mass is 1090 g/mol. The Labute approximate surface area is 470 Å². The highest BCUT2D eigenvalue weighted by Gasteiger charge is 2.34. The molecule has 0 aliphatic carbocycles. The molecule has 77 heavy (non-hydrogen) atoms. The lowest BCUT2D eigenvalue weighted by molar-refractivity contribution is 0.184. The van der Waals surface area contributed by atoms with Crippen LogP contribution < -0.4 is 9.05 Å².